The lowest BCUT2D eigenvalue weighted by atomic mass is 10.0. The fourth-order valence-electron chi connectivity index (χ4n) is 2.62. The second-order valence-corrected chi connectivity index (χ2v) is 7.64. The molecule has 3 rings (SSSR count). The number of halogens is 2. The highest BCUT2D eigenvalue weighted by Crippen LogP contribution is 2.38. The molecule has 9 heteroatoms. The minimum atomic E-state index is -3.98. The fourth-order valence-corrected chi connectivity index (χ4v) is 4.03. The molecule has 0 fully saturated rings. The van der Waals surface area contributed by atoms with Crippen molar-refractivity contribution in [2.75, 3.05) is 18.4 Å². The molecule has 134 valence electrons. The number of rotatable bonds is 4. The Morgan fingerprint density at radius 1 is 1.36 bits per heavy atom. The Balaban J connectivity index is 2.02. The molecule has 25 heavy (non-hydrogen) atoms. The lowest BCUT2D eigenvalue weighted by molar-refractivity contribution is 0.251. The summed E-state index contributed by atoms with van der Waals surface area (Å²) in [5.41, 5.74) is 6.63. The highest BCUT2D eigenvalue weighted by molar-refractivity contribution is 7.92. The summed E-state index contributed by atoms with van der Waals surface area (Å²) in [5, 5.41) is -0.181. The number of benzene rings is 2. The van der Waals surface area contributed by atoms with E-state index in [1.807, 2.05) is 0 Å². The first-order valence-corrected chi connectivity index (χ1v) is 9.24. The molecule has 0 saturated heterocycles. The van der Waals surface area contributed by atoms with Crippen LogP contribution in [0.15, 0.2) is 35.2 Å². The number of ether oxygens (including phenoxy) is 2. The van der Waals surface area contributed by atoms with Crippen molar-refractivity contribution in [1.82, 2.24) is 0 Å². The zero-order valence-corrected chi connectivity index (χ0v) is 14.8. The zero-order chi connectivity index (χ0) is 18.2. The maximum atomic E-state index is 13.2. The van der Waals surface area contributed by atoms with Gasteiger partial charge in [0.2, 0.25) is 0 Å². The Hall–Kier alpha value is -2.03. The summed E-state index contributed by atoms with van der Waals surface area (Å²) in [7, 11) is -2.49. The molecule has 0 amide bonds. The van der Waals surface area contributed by atoms with Gasteiger partial charge in [0, 0.05) is 11.6 Å². The maximum Gasteiger partial charge on any atom is 0.265 e. The Kier molecular flexibility index (Phi) is 4.77. The van der Waals surface area contributed by atoms with Gasteiger partial charge >= 0.3 is 0 Å². The molecule has 1 aliphatic heterocycles. The molecule has 0 spiro atoms. The van der Waals surface area contributed by atoms with Crippen molar-refractivity contribution in [2.45, 2.75) is 17.4 Å². The summed E-state index contributed by atoms with van der Waals surface area (Å²) in [6.45, 7) is 0.199. The van der Waals surface area contributed by atoms with Crippen molar-refractivity contribution < 1.29 is 22.3 Å². The second-order valence-electron chi connectivity index (χ2n) is 5.58. The lowest BCUT2D eigenvalue weighted by Crippen LogP contribution is -2.34. The van der Waals surface area contributed by atoms with E-state index in [4.69, 9.17) is 26.8 Å². The third-order valence-corrected chi connectivity index (χ3v) is 5.47. The molecule has 0 bridgehead atoms. The van der Waals surface area contributed by atoms with Crippen LogP contribution < -0.4 is 19.9 Å². The van der Waals surface area contributed by atoms with E-state index in [1.54, 1.807) is 6.07 Å². The number of nitrogens with two attached hydrogens (primary N) is 1. The van der Waals surface area contributed by atoms with Crippen LogP contribution in [0, 0.1) is 5.82 Å². The number of nitrogens with one attached hydrogen (secondary N) is 1. The number of anilines is 1. The molecule has 6 nitrogen and oxygen atoms in total. The molecule has 1 aliphatic rings. The Labute approximate surface area is 149 Å². The number of hydrogen-bond donors (Lipinski definition) is 2. The summed E-state index contributed by atoms with van der Waals surface area (Å²) in [6, 6.07) is 6.25. The van der Waals surface area contributed by atoms with E-state index in [0.29, 0.717) is 17.7 Å². The predicted octanol–water partition coefficient (Wildman–Crippen LogP) is 2.55. The van der Waals surface area contributed by atoms with E-state index in [1.165, 1.54) is 25.3 Å². The van der Waals surface area contributed by atoms with Gasteiger partial charge in [0.25, 0.3) is 10.0 Å². The zero-order valence-electron chi connectivity index (χ0n) is 13.3. The molecule has 2 aromatic rings. The molecule has 1 atom stereocenters. The Morgan fingerprint density at radius 2 is 2.12 bits per heavy atom. The van der Waals surface area contributed by atoms with Gasteiger partial charge in [-0.1, -0.05) is 11.6 Å². The molecule has 1 heterocycles. The quantitative estimate of drug-likeness (QED) is 0.842. The minimum absolute atomic E-state index is 0.0457. The van der Waals surface area contributed by atoms with Crippen LogP contribution in [0.5, 0.6) is 11.5 Å². The number of sulfonamides is 1. The number of methoxy groups -OCH3 is 1. The first-order valence-electron chi connectivity index (χ1n) is 7.38. The van der Waals surface area contributed by atoms with Crippen LogP contribution in [0.2, 0.25) is 5.02 Å². The van der Waals surface area contributed by atoms with Crippen molar-refractivity contribution in [3.8, 4) is 11.5 Å². The molecule has 0 unspecified atom stereocenters. The van der Waals surface area contributed by atoms with E-state index in [9.17, 15) is 12.8 Å². The van der Waals surface area contributed by atoms with Gasteiger partial charge in [-0.3, -0.25) is 4.72 Å². The predicted molar refractivity (Wildman–Crippen MR) is 92.4 cm³/mol. The normalized spacial score (nSPS) is 16.7. The van der Waals surface area contributed by atoms with E-state index in [0.717, 1.165) is 6.07 Å². The average Bonchev–Trinajstić information content (AvgIpc) is 2.56. The van der Waals surface area contributed by atoms with E-state index in [2.05, 4.69) is 4.72 Å². The lowest BCUT2D eigenvalue weighted by Gasteiger charge is -2.26. The molecule has 0 radical (unpaired) electrons. The monoisotopic (exact) mass is 386 g/mol. The smallest absolute Gasteiger partial charge is 0.265 e. The molecule has 0 saturated carbocycles. The van der Waals surface area contributed by atoms with E-state index >= 15 is 0 Å². The van der Waals surface area contributed by atoms with Gasteiger partial charge in [0.1, 0.15) is 28.8 Å². The van der Waals surface area contributed by atoms with Crippen LogP contribution in [0.25, 0.3) is 0 Å². The summed E-state index contributed by atoms with van der Waals surface area (Å²) in [6.07, 6.45) is 0.435. The third-order valence-electron chi connectivity index (χ3n) is 3.77. The maximum absolute atomic E-state index is 13.2. The Morgan fingerprint density at radius 3 is 2.80 bits per heavy atom. The van der Waals surface area contributed by atoms with Crippen molar-refractivity contribution in [3.05, 3.63) is 46.7 Å². The van der Waals surface area contributed by atoms with Gasteiger partial charge in [-0.2, -0.15) is 0 Å². The molecule has 0 aliphatic carbocycles. The molecule has 0 aromatic heterocycles. The van der Waals surface area contributed by atoms with Crippen LogP contribution in [-0.4, -0.2) is 28.2 Å². The van der Waals surface area contributed by atoms with E-state index in [-0.39, 0.29) is 34.0 Å². The van der Waals surface area contributed by atoms with Gasteiger partial charge in [-0.05, 0) is 36.8 Å². The van der Waals surface area contributed by atoms with Crippen molar-refractivity contribution in [2.24, 2.45) is 5.73 Å². The largest absolute Gasteiger partial charge is 0.496 e. The summed E-state index contributed by atoms with van der Waals surface area (Å²) in [5.74, 6) is 0.0828. The SMILES string of the molecule is COc1ccc(S(=O)(=O)Nc2ccc(F)c(Cl)c2)c2c1C[C@@H](N)CO2. The molecular weight excluding hydrogens is 371 g/mol. The van der Waals surface area contributed by atoms with Crippen LogP contribution >= 0.6 is 11.6 Å². The fraction of sp³-hybridized carbons (Fsp3) is 0.250. The second kappa shape index (κ2) is 6.70. The highest BCUT2D eigenvalue weighted by Gasteiger charge is 2.29. The van der Waals surface area contributed by atoms with Gasteiger partial charge in [-0.15, -0.1) is 0 Å². The van der Waals surface area contributed by atoms with Crippen LogP contribution in [0.3, 0.4) is 0 Å². The first kappa shape index (κ1) is 17.8. The summed E-state index contributed by atoms with van der Waals surface area (Å²) >= 11 is 5.69. The molecular formula is C16H16ClFN2O4S. The van der Waals surface area contributed by atoms with Gasteiger partial charge in [-0.25, -0.2) is 12.8 Å². The van der Waals surface area contributed by atoms with Crippen molar-refractivity contribution >= 4 is 27.3 Å². The first-order chi connectivity index (χ1) is 11.8. The number of hydrogen-bond acceptors (Lipinski definition) is 5. The summed E-state index contributed by atoms with van der Waals surface area (Å²) in [4.78, 5) is -0.0457. The van der Waals surface area contributed by atoms with Crippen molar-refractivity contribution in [1.29, 1.82) is 0 Å². The van der Waals surface area contributed by atoms with E-state index < -0.39 is 15.8 Å². The topological polar surface area (TPSA) is 90.7 Å². The van der Waals surface area contributed by atoms with Gasteiger partial charge < -0.3 is 15.2 Å². The highest BCUT2D eigenvalue weighted by atomic mass is 35.5. The average molecular weight is 387 g/mol. The standard InChI is InChI=1S/C16H16ClFN2O4S/c1-23-14-4-5-15(16-11(14)6-9(19)8-24-16)25(21,22)20-10-2-3-13(18)12(17)7-10/h2-5,7,9,20H,6,8,19H2,1H3/t9-/m1/s1. The van der Waals surface area contributed by atoms with Gasteiger partial charge in [0.15, 0.2) is 0 Å². The van der Waals surface area contributed by atoms with Crippen LogP contribution in [0.4, 0.5) is 10.1 Å². The van der Waals surface area contributed by atoms with Crippen LogP contribution in [0.1, 0.15) is 5.56 Å². The summed E-state index contributed by atoms with van der Waals surface area (Å²) < 4.78 is 51.9. The molecule has 3 N–H and O–H groups in total. The Bertz CT molecular complexity index is 921. The van der Waals surface area contributed by atoms with Crippen molar-refractivity contribution in [3.63, 3.8) is 0 Å². The van der Waals surface area contributed by atoms with Gasteiger partial charge in [0.05, 0.1) is 17.8 Å². The number of fused-ring (bicyclic) bond motifs is 1. The van der Waals surface area contributed by atoms with Crippen LogP contribution in [-0.2, 0) is 16.4 Å². The molecule has 2 aromatic carbocycles. The third kappa shape index (κ3) is 3.51. The minimum Gasteiger partial charge on any atom is -0.496 e.